The van der Waals surface area contributed by atoms with Gasteiger partial charge in [-0.3, -0.25) is 4.99 Å². The van der Waals surface area contributed by atoms with Crippen LogP contribution in [0, 0.1) is 0 Å². The van der Waals surface area contributed by atoms with Crippen LogP contribution < -0.4 is 0 Å². The predicted molar refractivity (Wildman–Crippen MR) is 113 cm³/mol. The molecule has 0 atom stereocenters. The van der Waals surface area contributed by atoms with E-state index in [9.17, 15) is 0 Å². The molecule has 0 spiro atoms. The first-order chi connectivity index (χ1) is 13.4. The van der Waals surface area contributed by atoms with Crippen molar-refractivity contribution >= 4 is 11.9 Å². The molecule has 0 aliphatic rings. The Morgan fingerprint density at radius 3 is 1.74 bits per heavy atom. The highest BCUT2D eigenvalue weighted by atomic mass is 14.8. The minimum absolute atomic E-state index is 0.876. The summed E-state index contributed by atoms with van der Waals surface area (Å²) in [5.74, 6) is 0. The highest BCUT2D eigenvalue weighted by Crippen LogP contribution is 2.29. The van der Waals surface area contributed by atoms with Crippen LogP contribution in [0.4, 0.5) is 5.69 Å². The van der Waals surface area contributed by atoms with Crippen molar-refractivity contribution in [3.05, 3.63) is 125 Å². The Morgan fingerprint density at radius 1 is 0.630 bits per heavy atom. The minimum atomic E-state index is 0.876. The lowest BCUT2D eigenvalue weighted by molar-refractivity contribution is 1.13. The van der Waals surface area contributed by atoms with Gasteiger partial charge >= 0.3 is 0 Å². The summed E-state index contributed by atoms with van der Waals surface area (Å²) < 4.78 is 0. The molecule has 1 aromatic heterocycles. The maximum Gasteiger partial charge on any atom is 0.0701 e. The lowest BCUT2D eigenvalue weighted by Gasteiger charge is -2.12. The van der Waals surface area contributed by atoms with Crippen LogP contribution in [0.25, 0.3) is 0 Å². The van der Waals surface area contributed by atoms with Gasteiger partial charge in [-0.15, -0.1) is 0 Å². The normalized spacial score (nSPS) is 11.1. The van der Waals surface area contributed by atoms with E-state index in [0.717, 1.165) is 24.2 Å². The summed E-state index contributed by atoms with van der Waals surface area (Å²) in [4.78, 5) is 8.08. The third-order valence-electron chi connectivity index (χ3n) is 4.63. The molecule has 4 aromatic rings. The molecular weight excluding hydrogens is 328 g/mol. The quantitative estimate of drug-likeness (QED) is 0.416. The topological polar surface area (TPSA) is 28.1 Å². The maximum absolute atomic E-state index is 4.88. The Morgan fingerprint density at radius 2 is 1.22 bits per heavy atom. The predicted octanol–water partition coefficient (Wildman–Crippen LogP) is 5.95. The van der Waals surface area contributed by atoms with Crippen molar-refractivity contribution in [3.63, 3.8) is 0 Å². The third kappa shape index (κ3) is 4.42. The number of nitrogens with zero attached hydrogens (tertiary/aromatic N) is 1. The number of aromatic amines is 1. The molecule has 0 saturated carbocycles. The number of hydrogen-bond acceptors (Lipinski definition) is 1. The zero-order valence-corrected chi connectivity index (χ0v) is 15.2. The lowest BCUT2D eigenvalue weighted by atomic mass is 9.96. The Kier molecular flexibility index (Phi) is 5.26. The number of nitrogens with one attached hydrogen (secondary N) is 1. The molecule has 0 fully saturated rings. The Balaban J connectivity index is 1.72. The number of rotatable bonds is 6. The van der Waals surface area contributed by atoms with Crippen LogP contribution in [0.5, 0.6) is 0 Å². The molecule has 0 unspecified atom stereocenters. The number of hydrogen-bond donors (Lipinski definition) is 1. The number of aromatic nitrogens is 1. The number of benzene rings is 3. The minimum Gasteiger partial charge on any atom is -0.360 e. The largest absolute Gasteiger partial charge is 0.360 e. The van der Waals surface area contributed by atoms with Crippen molar-refractivity contribution in [2.45, 2.75) is 12.8 Å². The molecule has 0 aliphatic carbocycles. The Labute approximate surface area is 160 Å². The lowest BCUT2D eigenvalue weighted by Crippen LogP contribution is -1.95. The molecular formula is C25H22N2. The van der Waals surface area contributed by atoms with Crippen molar-refractivity contribution < 1.29 is 0 Å². The molecule has 0 saturated heterocycles. The zero-order chi connectivity index (χ0) is 18.3. The SMILES string of the molecule is C(=Nc1c(Cc2ccccc2)cccc1Cc1ccccc1)c1ccc[nH]1. The summed E-state index contributed by atoms with van der Waals surface area (Å²) in [6.45, 7) is 0. The smallest absolute Gasteiger partial charge is 0.0701 e. The highest BCUT2D eigenvalue weighted by Gasteiger charge is 2.09. The van der Waals surface area contributed by atoms with E-state index in [2.05, 4.69) is 83.8 Å². The number of aliphatic imine (C=N–C) groups is 1. The summed E-state index contributed by atoms with van der Waals surface area (Å²) in [7, 11) is 0. The van der Waals surface area contributed by atoms with Gasteiger partial charge in [-0.05, 0) is 47.2 Å². The molecule has 2 heteroatoms. The molecule has 2 nitrogen and oxygen atoms in total. The van der Waals surface area contributed by atoms with E-state index in [-0.39, 0.29) is 0 Å². The van der Waals surface area contributed by atoms with Crippen molar-refractivity contribution in [1.82, 2.24) is 4.98 Å². The van der Waals surface area contributed by atoms with Gasteiger partial charge in [0.25, 0.3) is 0 Å². The number of H-pyrrole nitrogens is 1. The molecule has 0 radical (unpaired) electrons. The first-order valence-electron chi connectivity index (χ1n) is 9.24. The molecule has 132 valence electrons. The monoisotopic (exact) mass is 350 g/mol. The molecule has 3 aromatic carbocycles. The third-order valence-corrected chi connectivity index (χ3v) is 4.63. The van der Waals surface area contributed by atoms with Crippen molar-refractivity contribution in [2.24, 2.45) is 4.99 Å². The van der Waals surface area contributed by atoms with Gasteiger partial charge in [-0.1, -0.05) is 78.9 Å². The summed E-state index contributed by atoms with van der Waals surface area (Å²) >= 11 is 0. The van der Waals surface area contributed by atoms with E-state index in [0.29, 0.717) is 0 Å². The summed E-state index contributed by atoms with van der Waals surface area (Å²) in [5.41, 5.74) is 7.17. The highest BCUT2D eigenvalue weighted by molar-refractivity contribution is 5.80. The fraction of sp³-hybridized carbons (Fsp3) is 0.0800. The summed E-state index contributed by atoms with van der Waals surface area (Å²) in [6, 6.07) is 31.7. The van der Waals surface area contributed by atoms with E-state index < -0.39 is 0 Å². The molecule has 0 bridgehead atoms. The maximum atomic E-state index is 4.88. The van der Waals surface area contributed by atoms with Gasteiger partial charge in [0, 0.05) is 6.20 Å². The van der Waals surface area contributed by atoms with E-state index in [4.69, 9.17) is 4.99 Å². The van der Waals surface area contributed by atoms with E-state index >= 15 is 0 Å². The Hall–Kier alpha value is -3.39. The molecule has 1 N–H and O–H groups in total. The van der Waals surface area contributed by atoms with Crippen LogP contribution in [0.15, 0.2) is 102 Å². The fourth-order valence-corrected chi connectivity index (χ4v) is 3.29. The van der Waals surface area contributed by atoms with Crippen LogP contribution in [0.1, 0.15) is 27.9 Å². The standard InChI is InChI=1S/C25H22N2/c1-3-9-20(10-4-1)17-22-13-7-14-23(18-21-11-5-2-6-12-21)25(22)27-19-24-15-8-16-26-24/h1-16,19,26H,17-18H2. The van der Waals surface area contributed by atoms with Gasteiger partial charge in [-0.25, -0.2) is 0 Å². The molecule has 4 rings (SSSR count). The van der Waals surface area contributed by atoms with Gasteiger partial charge in [-0.2, -0.15) is 0 Å². The second kappa shape index (κ2) is 8.33. The summed E-state index contributed by atoms with van der Waals surface area (Å²) in [6.07, 6.45) is 5.59. The molecule has 0 amide bonds. The summed E-state index contributed by atoms with van der Waals surface area (Å²) in [5, 5.41) is 0. The zero-order valence-electron chi connectivity index (χ0n) is 15.2. The van der Waals surface area contributed by atoms with Gasteiger partial charge in [0.15, 0.2) is 0 Å². The van der Waals surface area contributed by atoms with Crippen molar-refractivity contribution in [3.8, 4) is 0 Å². The van der Waals surface area contributed by atoms with Gasteiger partial charge in [0.05, 0.1) is 17.6 Å². The van der Waals surface area contributed by atoms with E-state index in [1.165, 1.54) is 22.3 Å². The average molecular weight is 350 g/mol. The van der Waals surface area contributed by atoms with Crippen LogP contribution in [0.2, 0.25) is 0 Å². The first kappa shape index (κ1) is 17.0. The van der Waals surface area contributed by atoms with E-state index in [1.807, 2.05) is 24.5 Å². The molecule has 27 heavy (non-hydrogen) atoms. The second-order valence-corrected chi connectivity index (χ2v) is 6.63. The van der Waals surface area contributed by atoms with Crippen LogP contribution in [0.3, 0.4) is 0 Å². The van der Waals surface area contributed by atoms with Gasteiger partial charge < -0.3 is 4.98 Å². The second-order valence-electron chi connectivity index (χ2n) is 6.63. The van der Waals surface area contributed by atoms with Crippen molar-refractivity contribution in [1.29, 1.82) is 0 Å². The number of para-hydroxylation sites is 1. The van der Waals surface area contributed by atoms with Crippen LogP contribution >= 0.6 is 0 Å². The molecule has 0 aliphatic heterocycles. The fourth-order valence-electron chi connectivity index (χ4n) is 3.29. The molecule has 1 heterocycles. The van der Waals surface area contributed by atoms with Crippen LogP contribution in [-0.2, 0) is 12.8 Å². The van der Waals surface area contributed by atoms with E-state index in [1.54, 1.807) is 0 Å². The average Bonchev–Trinajstić information content (AvgIpc) is 3.23. The van der Waals surface area contributed by atoms with Crippen molar-refractivity contribution in [2.75, 3.05) is 0 Å². The first-order valence-corrected chi connectivity index (χ1v) is 9.24. The van der Waals surface area contributed by atoms with Crippen LogP contribution in [-0.4, -0.2) is 11.2 Å². The van der Waals surface area contributed by atoms with Gasteiger partial charge in [0.2, 0.25) is 0 Å². The Bertz CT molecular complexity index is 941. The van der Waals surface area contributed by atoms with Gasteiger partial charge in [0.1, 0.15) is 0 Å².